The lowest BCUT2D eigenvalue weighted by Crippen LogP contribution is -2.57. The normalized spacial score (nSPS) is 20.1. The van der Waals surface area contributed by atoms with Gasteiger partial charge in [0.15, 0.2) is 0 Å². The first-order valence-corrected chi connectivity index (χ1v) is 6.94. The van der Waals surface area contributed by atoms with Gasteiger partial charge in [-0.25, -0.2) is 0 Å². The van der Waals surface area contributed by atoms with E-state index in [4.69, 9.17) is 15.3 Å². The smallest absolute Gasteiger partial charge is 0.0888 e. The maximum Gasteiger partial charge on any atom is 0.0888 e. The molecule has 1 aromatic carbocycles. The predicted octanol–water partition coefficient (Wildman–Crippen LogP) is 1.65. The maximum atomic E-state index is 5.80. The molecule has 1 aliphatic heterocycles. The number of ether oxygens (including phenoxy) is 2. The van der Waals surface area contributed by atoms with Crippen molar-refractivity contribution in [2.45, 2.75) is 37.3 Å². The van der Waals surface area contributed by atoms with Crippen LogP contribution in [0.3, 0.4) is 0 Å². The average Bonchev–Trinajstić information content (AvgIpc) is 2.50. The molecule has 4 heteroatoms. The third kappa shape index (κ3) is 3.54. The molecule has 4 nitrogen and oxygen atoms in total. The van der Waals surface area contributed by atoms with Crippen LogP contribution < -0.4 is 11.3 Å². The van der Waals surface area contributed by atoms with Crippen molar-refractivity contribution < 1.29 is 9.47 Å². The Balaban J connectivity index is 1.98. The molecule has 1 unspecified atom stereocenters. The second-order valence-corrected chi connectivity index (χ2v) is 5.12. The van der Waals surface area contributed by atoms with Crippen LogP contribution in [-0.2, 0) is 15.9 Å². The van der Waals surface area contributed by atoms with E-state index in [0.717, 1.165) is 38.9 Å². The second kappa shape index (κ2) is 7.01. The average molecular weight is 264 g/mol. The van der Waals surface area contributed by atoms with Gasteiger partial charge in [-0.3, -0.25) is 11.3 Å². The lowest BCUT2D eigenvalue weighted by atomic mass is 9.83. The summed E-state index contributed by atoms with van der Waals surface area (Å²) >= 11 is 0. The Morgan fingerprint density at radius 2 is 2.00 bits per heavy atom. The largest absolute Gasteiger partial charge is 0.381 e. The summed E-state index contributed by atoms with van der Waals surface area (Å²) in [6.07, 6.45) is 3.76. The van der Waals surface area contributed by atoms with Gasteiger partial charge >= 0.3 is 0 Å². The van der Waals surface area contributed by atoms with Crippen molar-refractivity contribution in [1.82, 2.24) is 5.43 Å². The number of hydrogen-bond donors (Lipinski definition) is 2. The molecule has 0 amide bonds. The highest BCUT2D eigenvalue weighted by Gasteiger charge is 2.39. The second-order valence-electron chi connectivity index (χ2n) is 5.12. The fourth-order valence-electron chi connectivity index (χ4n) is 2.87. The van der Waals surface area contributed by atoms with Crippen LogP contribution in [0.15, 0.2) is 30.3 Å². The van der Waals surface area contributed by atoms with E-state index in [0.29, 0.717) is 0 Å². The van der Waals surface area contributed by atoms with Crippen LogP contribution in [0.5, 0.6) is 0 Å². The number of nitrogens with two attached hydrogens (primary N) is 1. The van der Waals surface area contributed by atoms with Crippen LogP contribution in [0.2, 0.25) is 0 Å². The zero-order valence-electron chi connectivity index (χ0n) is 11.6. The van der Waals surface area contributed by atoms with Gasteiger partial charge in [0.1, 0.15) is 0 Å². The topological polar surface area (TPSA) is 56.5 Å². The van der Waals surface area contributed by atoms with E-state index in [2.05, 4.69) is 29.7 Å². The van der Waals surface area contributed by atoms with Crippen LogP contribution in [-0.4, -0.2) is 32.0 Å². The number of hydrogen-bond acceptors (Lipinski definition) is 4. The molecule has 0 radical (unpaired) electrons. The van der Waals surface area contributed by atoms with Crippen molar-refractivity contribution >= 4 is 0 Å². The molecule has 1 aliphatic rings. The molecule has 0 bridgehead atoms. The number of aryl methyl sites for hydroxylation is 1. The highest BCUT2D eigenvalue weighted by molar-refractivity contribution is 5.15. The van der Waals surface area contributed by atoms with E-state index in [1.54, 1.807) is 7.11 Å². The summed E-state index contributed by atoms with van der Waals surface area (Å²) in [5, 5.41) is 0. The van der Waals surface area contributed by atoms with E-state index in [9.17, 15) is 0 Å². The third-order valence-electron chi connectivity index (χ3n) is 4.15. The zero-order valence-corrected chi connectivity index (χ0v) is 11.6. The Bertz CT molecular complexity index is 364. The zero-order chi connectivity index (χ0) is 13.6. The number of hydrazine groups is 1. The van der Waals surface area contributed by atoms with E-state index in [-0.39, 0.29) is 11.6 Å². The van der Waals surface area contributed by atoms with Crippen molar-refractivity contribution in [3.05, 3.63) is 35.9 Å². The molecule has 0 aromatic heterocycles. The summed E-state index contributed by atoms with van der Waals surface area (Å²) in [4.78, 5) is 0. The van der Waals surface area contributed by atoms with Crippen molar-refractivity contribution in [2.75, 3.05) is 20.3 Å². The number of rotatable bonds is 6. The molecule has 1 fully saturated rings. The lowest BCUT2D eigenvalue weighted by molar-refractivity contribution is -0.111. The molecule has 106 valence electrons. The van der Waals surface area contributed by atoms with Gasteiger partial charge in [0, 0.05) is 33.2 Å². The molecule has 0 aliphatic carbocycles. The van der Waals surface area contributed by atoms with Gasteiger partial charge in [-0.15, -0.1) is 0 Å². The molecule has 3 N–H and O–H groups in total. The first-order chi connectivity index (χ1) is 9.30. The fourth-order valence-corrected chi connectivity index (χ4v) is 2.87. The summed E-state index contributed by atoms with van der Waals surface area (Å²) < 4.78 is 11.2. The highest BCUT2D eigenvalue weighted by Crippen LogP contribution is 2.30. The predicted molar refractivity (Wildman–Crippen MR) is 75.7 cm³/mol. The quantitative estimate of drug-likeness (QED) is 0.606. The minimum Gasteiger partial charge on any atom is -0.381 e. The van der Waals surface area contributed by atoms with Crippen LogP contribution in [0.4, 0.5) is 0 Å². The molecule has 1 aromatic rings. The van der Waals surface area contributed by atoms with Crippen molar-refractivity contribution in [3.8, 4) is 0 Å². The van der Waals surface area contributed by atoms with E-state index in [1.165, 1.54) is 5.56 Å². The van der Waals surface area contributed by atoms with Gasteiger partial charge in [-0.1, -0.05) is 30.3 Å². The van der Waals surface area contributed by atoms with Gasteiger partial charge in [0.2, 0.25) is 0 Å². The molecule has 0 spiro atoms. The molecule has 1 atom stereocenters. The molecule has 2 rings (SSSR count). The Hall–Kier alpha value is -0.940. The lowest BCUT2D eigenvalue weighted by Gasteiger charge is -2.42. The first kappa shape index (κ1) is 14.5. The first-order valence-electron chi connectivity index (χ1n) is 6.94. The Labute approximate surface area is 115 Å². The van der Waals surface area contributed by atoms with E-state index >= 15 is 0 Å². The number of benzene rings is 1. The summed E-state index contributed by atoms with van der Waals surface area (Å²) in [7, 11) is 1.78. The minimum absolute atomic E-state index is 0.154. The SMILES string of the molecule is COC1(C(CCc2ccccc2)NN)CCOCC1. The standard InChI is InChI=1S/C15H24N2O2/c1-18-15(9-11-19-12-10-15)14(17-16)8-7-13-5-3-2-4-6-13/h2-6,14,17H,7-12,16H2,1H3. The van der Waals surface area contributed by atoms with Gasteiger partial charge in [-0.05, 0) is 18.4 Å². The van der Waals surface area contributed by atoms with Crippen LogP contribution in [0.25, 0.3) is 0 Å². The van der Waals surface area contributed by atoms with Gasteiger partial charge in [0.05, 0.1) is 11.6 Å². The van der Waals surface area contributed by atoms with Crippen LogP contribution in [0.1, 0.15) is 24.8 Å². The number of methoxy groups -OCH3 is 1. The van der Waals surface area contributed by atoms with Gasteiger partial charge in [0.25, 0.3) is 0 Å². The van der Waals surface area contributed by atoms with Gasteiger partial charge < -0.3 is 9.47 Å². The Kier molecular flexibility index (Phi) is 5.34. The summed E-state index contributed by atoms with van der Waals surface area (Å²) in [5.74, 6) is 5.76. The molecule has 1 saturated heterocycles. The number of nitrogens with one attached hydrogen (secondary N) is 1. The van der Waals surface area contributed by atoms with E-state index < -0.39 is 0 Å². The van der Waals surface area contributed by atoms with Crippen molar-refractivity contribution in [3.63, 3.8) is 0 Å². The molecule has 19 heavy (non-hydrogen) atoms. The van der Waals surface area contributed by atoms with Crippen molar-refractivity contribution in [1.29, 1.82) is 0 Å². The highest BCUT2D eigenvalue weighted by atomic mass is 16.5. The molecule has 0 saturated carbocycles. The van der Waals surface area contributed by atoms with Crippen LogP contribution >= 0.6 is 0 Å². The summed E-state index contributed by atoms with van der Waals surface area (Å²) in [6, 6.07) is 10.6. The third-order valence-corrected chi connectivity index (χ3v) is 4.15. The summed E-state index contributed by atoms with van der Waals surface area (Å²) in [6.45, 7) is 1.49. The minimum atomic E-state index is -0.193. The monoisotopic (exact) mass is 264 g/mol. The maximum absolute atomic E-state index is 5.80. The molecular formula is C15H24N2O2. The molecular weight excluding hydrogens is 240 g/mol. The fraction of sp³-hybridized carbons (Fsp3) is 0.600. The Morgan fingerprint density at radius 3 is 2.58 bits per heavy atom. The van der Waals surface area contributed by atoms with Gasteiger partial charge in [-0.2, -0.15) is 0 Å². The summed E-state index contributed by atoms with van der Waals surface area (Å²) in [5.41, 5.74) is 4.09. The van der Waals surface area contributed by atoms with Crippen LogP contribution in [0, 0.1) is 0 Å². The molecule has 1 heterocycles. The van der Waals surface area contributed by atoms with E-state index in [1.807, 2.05) is 6.07 Å². The Morgan fingerprint density at radius 1 is 1.32 bits per heavy atom. The van der Waals surface area contributed by atoms with Crippen molar-refractivity contribution in [2.24, 2.45) is 5.84 Å².